The number of nitrogens with zero attached hydrogens (tertiary/aromatic N) is 1. The van der Waals surface area contributed by atoms with Gasteiger partial charge in [0.1, 0.15) is 0 Å². The molecule has 2 aliphatic rings. The summed E-state index contributed by atoms with van der Waals surface area (Å²) >= 11 is 0. The zero-order valence-electron chi connectivity index (χ0n) is 10.8. The summed E-state index contributed by atoms with van der Waals surface area (Å²) in [5.41, 5.74) is 10.4. The Kier molecular flexibility index (Phi) is 3.73. The Labute approximate surface area is 104 Å². The Morgan fingerprint density at radius 1 is 1.35 bits per heavy atom. The Morgan fingerprint density at radius 2 is 2.06 bits per heavy atom. The summed E-state index contributed by atoms with van der Waals surface area (Å²) in [6.45, 7) is 3.82. The second-order valence-electron chi connectivity index (χ2n) is 5.97. The van der Waals surface area contributed by atoms with Crippen molar-refractivity contribution in [3.63, 3.8) is 0 Å². The SMILES string of the molecule is CC(N)(CCN1CCCC2CCCC21)C(N)=O. The highest BCUT2D eigenvalue weighted by Crippen LogP contribution is 2.36. The van der Waals surface area contributed by atoms with Gasteiger partial charge >= 0.3 is 0 Å². The van der Waals surface area contributed by atoms with Crippen LogP contribution in [0, 0.1) is 5.92 Å². The summed E-state index contributed by atoms with van der Waals surface area (Å²) in [7, 11) is 0. The number of fused-ring (bicyclic) bond motifs is 1. The first-order valence-electron chi connectivity index (χ1n) is 6.83. The fraction of sp³-hybridized carbons (Fsp3) is 0.923. The monoisotopic (exact) mass is 239 g/mol. The fourth-order valence-corrected chi connectivity index (χ4v) is 3.33. The molecule has 1 saturated carbocycles. The van der Waals surface area contributed by atoms with Crippen molar-refractivity contribution in [1.82, 2.24) is 4.90 Å². The van der Waals surface area contributed by atoms with Gasteiger partial charge in [0.05, 0.1) is 5.54 Å². The summed E-state index contributed by atoms with van der Waals surface area (Å²) in [5, 5.41) is 0. The first-order valence-corrected chi connectivity index (χ1v) is 6.83. The summed E-state index contributed by atoms with van der Waals surface area (Å²) in [4.78, 5) is 13.7. The van der Waals surface area contributed by atoms with Crippen LogP contribution in [0.2, 0.25) is 0 Å². The number of piperidine rings is 1. The molecule has 1 amide bonds. The minimum Gasteiger partial charge on any atom is -0.368 e. The normalized spacial score (nSPS) is 33.1. The molecule has 3 unspecified atom stereocenters. The summed E-state index contributed by atoms with van der Waals surface area (Å²) in [6.07, 6.45) is 7.42. The van der Waals surface area contributed by atoms with Gasteiger partial charge in [-0.2, -0.15) is 0 Å². The van der Waals surface area contributed by atoms with Crippen molar-refractivity contribution in [3.8, 4) is 0 Å². The number of amides is 1. The van der Waals surface area contributed by atoms with Crippen LogP contribution in [-0.4, -0.2) is 35.5 Å². The molecule has 3 atom stereocenters. The van der Waals surface area contributed by atoms with E-state index in [-0.39, 0.29) is 0 Å². The van der Waals surface area contributed by atoms with Crippen molar-refractivity contribution in [3.05, 3.63) is 0 Å². The van der Waals surface area contributed by atoms with Gasteiger partial charge < -0.3 is 16.4 Å². The van der Waals surface area contributed by atoms with E-state index in [0.29, 0.717) is 6.42 Å². The van der Waals surface area contributed by atoms with Gasteiger partial charge in [0.15, 0.2) is 0 Å². The van der Waals surface area contributed by atoms with Crippen LogP contribution in [0.5, 0.6) is 0 Å². The van der Waals surface area contributed by atoms with Gasteiger partial charge in [-0.15, -0.1) is 0 Å². The second-order valence-corrected chi connectivity index (χ2v) is 5.97. The molecule has 1 heterocycles. The van der Waals surface area contributed by atoms with Crippen molar-refractivity contribution in [2.75, 3.05) is 13.1 Å². The van der Waals surface area contributed by atoms with Gasteiger partial charge in [0, 0.05) is 12.6 Å². The van der Waals surface area contributed by atoms with Crippen molar-refractivity contribution >= 4 is 5.91 Å². The molecule has 0 aromatic carbocycles. The molecule has 2 rings (SSSR count). The van der Waals surface area contributed by atoms with Crippen LogP contribution >= 0.6 is 0 Å². The third kappa shape index (κ3) is 2.80. The van der Waals surface area contributed by atoms with Crippen LogP contribution in [0.4, 0.5) is 0 Å². The lowest BCUT2D eigenvalue weighted by atomic mass is 9.90. The molecule has 1 saturated heterocycles. The van der Waals surface area contributed by atoms with Crippen molar-refractivity contribution in [1.29, 1.82) is 0 Å². The summed E-state index contributed by atoms with van der Waals surface area (Å²) < 4.78 is 0. The molecule has 4 nitrogen and oxygen atoms in total. The fourth-order valence-electron chi connectivity index (χ4n) is 3.33. The van der Waals surface area contributed by atoms with E-state index in [4.69, 9.17) is 11.5 Å². The average molecular weight is 239 g/mol. The minimum absolute atomic E-state index is 0.391. The van der Waals surface area contributed by atoms with Gasteiger partial charge in [-0.05, 0) is 51.5 Å². The van der Waals surface area contributed by atoms with Crippen LogP contribution in [0.25, 0.3) is 0 Å². The lowest BCUT2D eigenvalue weighted by molar-refractivity contribution is -0.123. The highest BCUT2D eigenvalue weighted by atomic mass is 16.1. The largest absolute Gasteiger partial charge is 0.368 e. The topological polar surface area (TPSA) is 72.3 Å². The molecule has 1 aliphatic heterocycles. The van der Waals surface area contributed by atoms with E-state index >= 15 is 0 Å². The Balaban J connectivity index is 1.88. The molecule has 0 bridgehead atoms. The highest BCUT2D eigenvalue weighted by molar-refractivity contribution is 5.83. The maximum absolute atomic E-state index is 11.2. The van der Waals surface area contributed by atoms with Crippen molar-refractivity contribution < 1.29 is 4.79 Å². The zero-order valence-corrected chi connectivity index (χ0v) is 10.8. The van der Waals surface area contributed by atoms with E-state index in [9.17, 15) is 4.79 Å². The quantitative estimate of drug-likeness (QED) is 0.763. The Morgan fingerprint density at radius 3 is 2.76 bits per heavy atom. The number of carbonyl (C=O) groups is 1. The Hall–Kier alpha value is -0.610. The molecule has 0 spiro atoms. The molecule has 0 aromatic heterocycles. The van der Waals surface area contributed by atoms with Crippen molar-refractivity contribution in [2.45, 2.75) is 57.0 Å². The lowest BCUT2D eigenvalue weighted by Crippen LogP contribution is -2.52. The number of likely N-dealkylation sites (tertiary alicyclic amines) is 1. The maximum Gasteiger partial charge on any atom is 0.237 e. The first-order chi connectivity index (χ1) is 8.00. The predicted molar refractivity (Wildman–Crippen MR) is 68.3 cm³/mol. The predicted octanol–water partition coefficient (Wildman–Crippen LogP) is 0.844. The zero-order chi connectivity index (χ0) is 12.5. The molecular formula is C13H25N3O. The molecule has 4 N–H and O–H groups in total. The van der Waals surface area contributed by atoms with E-state index in [1.165, 1.54) is 32.1 Å². The highest BCUT2D eigenvalue weighted by Gasteiger charge is 2.36. The average Bonchev–Trinajstić information content (AvgIpc) is 2.74. The molecule has 0 aromatic rings. The molecule has 1 aliphatic carbocycles. The number of primary amides is 1. The van der Waals surface area contributed by atoms with E-state index in [1.807, 2.05) is 0 Å². The van der Waals surface area contributed by atoms with Crippen LogP contribution in [0.15, 0.2) is 0 Å². The molecular weight excluding hydrogens is 214 g/mol. The number of hydrogen-bond donors (Lipinski definition) is 2. The molecule has 2 fully saturated rings. The number of carbonyl (C=O) groups excluding carboxylic acids is 1. The molecule has 0 radical (unpaired) electrons. The molecule has 17 heavy (non-hydrogen) atoms. The van der Waals surface area contributed by atoms with Crippen LogP contribution in [0.1, 0.15) is 45.4 Å². The third-order valence-electron chi connectivity index (χ3n) is 4.59. The first kappa shape index (κ1) is 12.8. The maximum atomic E-state index is 11.2. The number of hydrogen-bond acceptors (Lipinski definition) is 3. The minimum atomic E-state index is -0.856. The lowest BCUT2D eigenvalue weighted by Gasteiger charge is -2.39. The van der Waals surface area contributed by atoms with Gasteiger partial charge in [-0.1, -0.05) is 6.42 Å². The Bertz CT molecular complexity index is 290. The molecule has 4 heteroatoms. The van der Waals surface area contributed by atoms with E-state index in [1.54, 1.807) is 6.92 Å². The summed E-state index contributed by atoms with van der Waals surface area (Å²) in [6, 6.07) is 0.743. The smallest absolute Gasteiger partial charge is 0.237 e. The van der Waals surface area contributed by atoms with Crippen LogP contribution < -0.4 is 11.5 Å². The van der Waals surface area contributed by atoms with Gasteiger partial charge in [0.25, 0.3) is 0 Å². The second kappa shape index (κ2) is 4.94. The number of rotatable bonds is 4. The van der Waals surface area contributed by atoms with Crippen LogP contribution in [-0.2, 0) is 4.79 Å². The third-order valence-corrected chi connectivity index (χ3v) is 4.59. The van der Waals surface area contributed by atoms with Crippen molar-refractivity contribution in [2.24, 2.45) is 17.4 Å². The van der Waals surface area contributed by atoms with Gasteiger partial charge in [0.2, 0.25) is 5.91 Å². The molecule has 98 valence electrons. The standard InChI is InChI=1S/C13H25N3O/c1-13(15,12(14)17)7-9-16-8-3-5-10-4-2-6-11(10)16/h10-11H,2-9,15H2,1H3,(H2,14,17). The number of nitrogens with two attached hydrogens (primary N) is 2. The van der Waals surface area contributed by atoms with Gasteiger partial charge in [-0.25, -0.2) is 0 Å². The van der Waals surface area contributed by atoms with Crippen LogP contribution in [0.3, 0.4) is 0 Å². The summed E-state index contributed by atoms with van der Waals surface area (Å²) in [5.74, 6) is 0.499. The van der Waals surface area contributed by atoms with E-state index in [0.717, 1.165) is 25.0 Å². The van der Waals surface area contributed by atoms with E-state index in [2.05, 4.69) is 4.90 Å². The van der Waals surface area contributed by atoms with Gasteiger partial charge in [-0.3, -0.25) is 4.79 Å². The van der Waals surface area contributed by atoms with E-state index < -0.39 is 11.4 Å².